The van der Waals surface area contributed by atoms with Gasteiger partial charge in [-0.15, -0.1) is 0 Å². The van der Waals surface area contributed by atoms with E-state index in [9.17, 15) is 0 Å². The highest BCUT2D eigenvalue weighted by molar-refractivity contribution is 6.08. The molecule has 4 heterocycles. The number of aliphatic imine (C=N–C) groups is 2. The summed E-state index contributed by atoms with van der Waals surface area (Å²) in [5.41, 5.74) is 4.55. The van der Waals surface area contributed by atoms with Gasteiger partial charge in [0.15, 0.2) is 34.9 Å². The monoisotopic (exact) mass is 564 g/mol. The van der Waals surface area contributed by atoms with E-state index in [1.54, 1.807) is 50.3 Å². The lowest BCUT2D eigenvalue weighted by molar-refractivity contribution is 1.03. The molecule has 0 amide bonds. The van der Waals surface area contributed by atoms with Gasteiger partial charge in [0.05, 0.1) is 0 Å². The second kappa shape index (κ2) is 13.6. The maximum Gasteiger partial charge on any atom is 0.165 e. The molecule has 0 N–H and O–H groups in total. The first-order valence-corrected chi connectivity index (χ1v) is 13.5. The van der Waals surface area contributed by atoms with Crippen LogP contribution in [0.5, 0.6) is 0 Å². The van der Waals surface area contributed by atoms with Crippen molar-refractivity contribution < 1.29 is 0 Å². The van der Waals surface area contributed by atoms with Crippen LogP contribution in [0, 0.1) is 0 Å². The fourth-order valence-electron chi connectivity index (χ4n) is 4.15. The van der Waals surface area contributed by atoms with Crippen LogP contribution in [-0.4, -0.2) is 59.9 Å². The molecule has 0 radical (unpaired) electrons. The minimum atomic E-state index is 0.423. The Morgan fingerprint density at radius 1 is 0.698 bits per heavy atom. The molecule has 0 fully saturated rings. The first kappa shape index (κ1) is 28.6. The van der Waals surface area contributed by atoms with Crippen LogP contribution in [0.1, 0.15) is 25.0 Å². The molecule has 210 valence electrons. The predicted octanol–water partition coefficient (Wildman–Crippen LogP) is 6.24. The normalized spacial score (nSPS) is 12.0. The average Bonchev–Trinajstić information content (AvgIpc) is 3.07. The molecule has 43 heavy (non-hydrogen) atoms. The van der Waals surface area contributed by atoms with Crippen LogP contribution >= 0.6 is 0 Å². The van der Waals surface area contributed by atoms with Gasteiger partial charge in [0, 0.05) is 77.6 Å². The average molecular weight is 565 g/mol. The molecule has 5 aromatic rings. The van der Waals surface area contributed by atoms with Gasteiger partial charge in [-0.25, -0.2) is 29.9 Å². The van der Waals surface area contributed by atoms with Gasteiger partial charge in [0.25, 0.3) is 0 Å². The zero-order valence-electron chi connectivity index (χ0n) is 23.8. The number of rotatable bonds is 10. The van der Waals surface area contributed by atoms with Crippen LogP contribution in [0.2, 0.25) is 0 Å². The summed E-state index contributed by atoms with van der Waals surface area (Å²) in [4.78, 5) is 45.0. The number of aromatic nitrogens is 8. The second-order valence-electron chi connectivity index (χ2n) is 9.10. The molecule has 0 aliphatic rings. The smallest absolute Gasteiger partial charge is 0.165 e. The van der Waals surface area contributed by atoms with Crippen LogP contribution < -0.4 is 0 Å². The van der Waals surface area contributed by atoms with E-state index in [1.165, 1.54) is 0 Å². The number of hydrogen-bond acceptors (Lipinski definition) is 10. The zero-order chi connectivity index (χ0) is 30.0. The van der Waals surface area contributed by atoms with E-state index in [0.717, 1.165) is 34.2 Å². The summed E-state index contributed by atoms with van der Waals surface area (Å²) < 4.78 is 0. The van der Waals surface area contributed by atoms with Crippen molar-refractivity contribution >= 4 is 24.1 Å². The van der Waals surface area contributed by atoms with E-state index < -0.39 is 0 Å². The van der Waals surface area contributed by atoms with Gasteiger partial charge in [0.1, 0.15) is 0 Å². The van der Waals surface area contributed by atoms with Crippen LogP contribution in [0.3, 0.4) is 0 Å². The largest absolute Gasteiger partial charge is 0.296 e. The standard InChI is InChI=1S/C33H28N10/c1-5-9-25(19-35-4)31-40-30(42-33(43-31)27-11-8-17-37-21-27)24-14-12-23(13-15-24)29-38-28(22(6-2)18-34-3)39-32(41-29)26-10-7-16-36-20-26/h6-21H,2-3,5H2,1,4H3/b22-18+,25-9+,35-19?. The lowest BCUT2D eigenvalue weighted by Crippen LogP contribution is -2.04. The molecule has 1 aromatic carbocycles. The molecule has 0 bridgehead atoms. The molecule has 0 saturated carbocycles. The second-order valence-corrected chi connectivity index (χ2v) is 9.10. The van der Waals surface area contributed by atoms with Crippen molar-refractivity contribution in [2.45, 2.75) is 13.3 Å². The minimum absolute atomic E-state index is 0.423. The number of hydrogen-bond donors (Lipinski definition) is 0. The molecule has 10 nitrogen and oxygen atoms in total. The Morgan fingerprint density at radius 2 is 1.19 bits per heavy atom. The van der Waals surface area contributed by atoms with Crippen LogP contribution in [0.15, 0.2) is 108 Å². The summed E-state index contributed by atoms with van der Waals surface area (Å²) in [6.45, 7) is 9.48. The Hall–Kier alpha value is -5.90. The lowest BCUT2D eigenvalue weighted by atomic mass is 10.1. The summed E-state index contributed by atoms with van der Waals surface area (Å²) in [5, 5.41) is 0. The molecular formula is C33H28N10. The van der Waals surface area contributed by atoms with Gasteiger partial charge in [-0.2, -0.15) is 0 Å². The van der Waals surface area contributed by atoms with Crippen molar-refractivity contribution in [2.24, 2.45) is 9.98 Å². The summed E-state index contributed by atoms with van der Waals surface area (Å²) in [6.07, 6.45) is 14.6. The third-order valence-corrected chi connectivity index (χ3v) is 6.17. The van der Waals surface area contributed by atoms with Crippen molar-refractivity contribution in [1.29, 1.82) is 0 Å². The fraction of sp³-hybridized carbons (Fsp3) is 0.0909. The highest BCUT2D eigenvalue weighted by Crippen LogP contribution is 2.27. The minimum Gasteiger partial charge on any atom is -0.296 e. The van der Waals surface area contributed by atoms with Gasteiger partial charge in [-0.05, 0) is 37.4 Å². The number of nitrogens with zero attached hydrogens (tertiary/aromatic N) is 10. The maximum atomic E-state index is 4.81. The summed E-state index contributed by atoms with van der Waals surface area (Å²) in [7, 11) is 1.72. The SMILES string of the molecule is C=C/C(=C\N=C)c1nc(-c2ccc(-c3nc(/C(C=NC)=C/CC)nc(-c4cccnc4)n3)cc2)nc(-c2cccnc2)n1. The summed E-state index contributed by atoms with van der Waals surface area (Å²) in [6, 6.07) is 15.2. The van der Waals surface area contributed by atoms with E-state index >= 15 is 0 Å². The van der Waals surface area contributed by atoms with E-state index in [2.05, 4.69) is 45.2 Å². The zero-order valence-corrected chi connectivity index (χ0v) is 23.8. The fourth-order valence-corrected chi connectivity index (χ4v) is 4.15. The van der Waals surface area contributed by atoms with E-state index in [0.29, 0.717) is 40.5 Å². The Labute approximate surface area is 249 Å². The van der Waals surface area contributed by atoms with Crippen LogP contribution in [-0.2, 0) is 0 Å². The summed E-state index contributed by atoms with van der Waals surface area (Å²) in [5.74, 6) is 2.95. The van der Waals surface area contributed by atoms with Gasteiger partial charge in [-0.3, -0.25) is 20.0 Å². The van der Waals surface area contributed by atoms with Crippen molar-refractivity contribution in [3.05, 3.63) is 110 Å². The molecular weight excluding hydrogens is 536 g/mol. The van der Waals surface area contributed by atoms with E-state index in [1.807, 2.05) is 54.6 Å². The van der Waals surface area contributed by atoms with Crippen molar-refractivity contribution in [1.82, 2.24) is 39.9 Å². The molecule has 0 atom stereocenters. The molecule has 5 rings (SSSR count). The van der Waals surface area contributed by atoms with E-state index in [4.69, 9.17) is 24.9 Å². The van der Waals surface area contributed by atoms with Crippen molar-refractivity contribution in [3.8, 4) is 45.6 Å². The highest BCUT2D eigenvalue weighted by atomic mass is 15.0. The number of pyridine rings is 2. The van der Waals surface area contributed by atoms with Gasteiger partial charge in [0.2, 0.25) is 0 Å². The highest BCUT2D eigenvalue weighted by Gasteiger charge is 2.15. The topological polar surface area (TPSA) is 128 Å². The third kappa shape index (κ3) is 6.71. The van der Waals surface area contributed by atoms with Gasteiger partial charge in [-0.1, -0.05) is 49.9 Å². The first-order valence-electron chi connectivity index (χ1n) is 13.5. The Kier molecular flexibility index (Phi) is 9.08. The van der Waals surface area contributed by atoms with Gasteiger partial charge < -0.3 is 0 Å². The predicted molar refractivity (Wildman–Crippen MR) is 171 cm³/mol. The molecule has 0 aliphatic carbocycles. The quantitative estimate of drug-likeness (QED) is 0.144. The van der Waals surface area contributed by atoms with Gasteiger partial charge >= 0.3 is 0 Å². The maximum absolute atomic E-state index is 4.81. The Bertz CT molecular complexity index is 1830. The molecule has 0 saturated heterocycles. The number of benzene rings is 1. The van der Waals surface area contributed by atoms with Crippen molar-refractivity contribution in [3.63, 3.8) is 0 Å². The van der Waals surface area contributed by atoms with Crippen LogP contribution in [0.4, 0.5) is 0 Å². The summed E-state index contributed by atoms with van der Waals surface area (Å²) >= 11 is 0. The molecule has 10 heteroatoms. The molecule has 4 aromatic heterocycles. The first-order chi connectivity index (χ1) is 21.1. The Morgan fingerprint density at radius 3 is 1.58 bits per heavy atom. The molecule has 0 aliphatic heterocycles. The van der Waals surface area contributed by atoms with Crippen molar-refractivity contribution in [2.75, 3.05) is 7.05 Å². The lowest BCUT2D eigenvalue weighted by Gasteiger charge is -2.10. The van der Waals surface area contributed by atoms with E-state index in [-0.39, 0.29) is 0 Å². The molecule has 0 spiro atoms. The third-order valence-electron chi connectivity index (χ3n) is 6.17. The Balaban J connectivity index is 1.60. The number of allylic oxidation sites excluding steroid dienone is 4. The molecule has 0 unspecified atom stereocenters. The van der Waals surface area contributed by atoms with Crippen LogP contribution in [0.25, 0.3) is 56.7 Å².